The molecule has 0 atom stereocenters. The van der Waals surface area contributed by atoms with Crippen LogP contribution in [0.3, 0.4) is 0 Å². The number of amides is 1. The van der Waals surface area contributed by atoms with E-state index in [-0.39, 0.29) is 11.3 Å². The summed E-state index contributed by atoms with van der Waals surface area (Å²) in [6.07, 6.45) is 1.65. The Balaban J connectivity index is 1.95. The molecule has 1 heterocycles. The lowest BCUT2D eigenvalue weighted by Gasteiger charge is -2.20. The number of pyridine rings is 1. The lowest BCUT2D eigenvalue weighted by molar-refractivity contribution is 0.102. The summed E-state index contributed by atoms with van der Waals surface area (Å²) in [5.74, 6) is 0.522. The van der Waals surface area contributed by atoms with Crippen molar-refractivity contribution >= 4 is 11.6 Å². The molecule has 0 fully saturated rings. The maximum absolute atomic E-state index is 13.0. The number of nitrogens with zero attached hydrogens (tertiary/aromatic N) is 2. The highest BCUT2D eigenvalue weighted by Gasteiger charge is 2.18. The molecule has 2 aromatic carbocycles. The average Bonchev–Trinajstić information content (AvgIpc) is 2.74. The van der Waals surface area contributed by atoms with Gasteiger partial charge >= 0.3 is 0 Å². The molecule has 5 heteroatoms. The molecule has 3 rings (SSSR count). The Morgan fingerprint density at radius 2 is 1.81 bits per heavy atom. The number of anilines is 1. The van der Waals surface area contributed by atoms with Crippen LogP contribution >= 0.6 is 0 Å². The number of aryl methyl sites for hydroxylation is 2. The van der Waals surface area contributed by atoms with Crippen molar-refractivity contribution in [1.29, 1.82) is 5.26 Å². The van der Waals surface area contributed by atoms with E-state index in [0.717, 1.165) is 33.7 Å². The van der Waals surface area contributed by atoms with Crippen LogP contribution in [-0.4, -0.2) is 18.0 Å². The van der Waals surface area contributed by atoms with E-state index in [1.54, 1.807) is 19.4 Å². The zero-order chi connectivity index (χ0) is 22.8. The maximum Gasteiger partial charge on any atom is 0.255 e. The predicted octanol–water partition coefficient (Wildman–Crippen LogP) is 5.80. The van der Waals surface area contributed by atoms with E-state index >= 15 is 0 Å². The minimum atomic E-state index is -0.273. The van der Waals surface area contributed by atoms with E-state index in [1.165, 1.54) is 0 Å². The van der Waals surface area contributed by atoms with E-state index in [0.29, 0.717) is 16.8 Å². The Bertz CT molecular complexity index is 1180. The van der Waals surface area contributed by atoms with Crippen molar-refractivity contribution in [2.24, 2.45) is 0 Å². The lowest BCUT2D eigenvalue weighted by atomic mass is 9.85. The third kappa shape index (κ3) is 4.92. The first-order valence-corrected chi connectivity index (χ1v) is 10.1. The third-order valence-electron chi connectivity index (χ3n) is 5.26. The summed E-state index contributed by atoms with van der Waals surface area (Å²) >= 11 is 0. The Labute approximate surface area is 183 Å². The number of carbonyl (C=O) groups excluding carboxylic acids is 1. The van der Waals surface area contributed by atoms with Crippen LogP contribution in [0.2, 0.25) is 0 Å². The standard InChI is InChI=1S/C26H27N3O2/c1-16-9-22(31-6)7-8-23(16)24-13-21(15-28-17(24)2)29-25(30)19-10-18(14-27)11-20(12-19)26(3,4)5/h7-13,15H,1-6H3,(H,29,30). The van der Waals surface area contributed by atoms with Gasteiger partial charge in [0.25, 0.3) is 5.91 Å². The van der Waals surface area contributed by atoms with Crippen LogP contribution in [0.25, 0.3) is 11.1 Å². The number of hydrogen-bond donors (Lipinski definition) is 1. The van der Waals surface area contributed by atoms with Crippen LogP contribution in [0.5, 0.6) is 5.75 Å². The second kappa shape index (κ2) is 8.61. The van der Waals surface area contributed by atoms with Gasteiger partial charge in [0.15, 0.2) is 0 Å². The van der Waals surface area contributed by atoms with E-state index in [1.807, 2.05) is 50.2 Å². The van der Waals surface area contributed by atoms with Gasteiger partial charge < -0.3 is 10.1 Å². The molecule has 0 saturated heterocycles. The quantitative estimate of drug-likeness (QED) is 0.587. The highest BCUT2D eigenvalue weighted by atomic mass is 16.5. The van der Waals surface area contributed by atoms with Crippen molar-refractivity contribution in [1.82, 2.24) is 4.98 Å². The third-order valence-corrected chi connectivity index (χ3v) is 5.26. The SMILES string of the molecule is COc1ccc(-c2cc(NC(=O)c3cc(C#N)cc(C(C)(C)C)c3)cnc2C)c(C)c1. The minimum absolute atomic E-state index is 0.174. The van der Waals surface area contributed by atoms with Gasteiger partial charge in [0.1, 0.15) is 5.75 Å². The van der Waals surface area contributed by atoms with E-state index in [2.05, 4.69) is 37.1 Å². The molecule has 5 nitrogen and oxygen atoms in total. The number of benzene rings is 2. The largest absolute Gasteiger partial charge is 0.497 e. The second-order valence-corrected chi connectivity index (χ2v) is 8.65. The van der Waals surface area contributed by atoms with Crippen molar-refractivity contribution in [3.05, 3.63) is 76.6 Å². The molecule has 0 saturated carbocycles. The molecule has 0 spiro atoms. The molecule has 3 aromatic rings. The fourth-order valence-corrected chi connectivity index (χ4v) is 3.40. The predicted molar refractivity (Wildman–Crippen MR) is 124 cm³/mol. The highest BCUT2D eigenvalue weighted by molar-refractivity contribution is 6.04. The Hall–Kier alpha value is -3.65. The van der Waals surface area contributed by atoms with Crippen molar-refractivity contribution in [3.63, 3.8) is 0 Å². The smallest absolute Gasteiger partial charge is 0.255 e. The first-order valence-electron chi connectivity index (χ1n) is 10.1. The van der Waals surface area contributed by atoms with Crippen LogP contribution in [0.1, 0.15) is 53.5 Å². The molecule has 0 unspecified atom stereocenters. The summed E-state index contributed by atoms with van der Waals surface area (Å²) in [5.41, 5.74) is 6.18. The molecule has 0 aliphatic heterocycles. The van der Waals surface area contributed by atoms with Gasteiger partial charge in [-0.25, -0.2) is 0 Å². The molecule has 0 radical (unpaired) electrons. The minimum Gasteiger partial charge on any atom is -0.497 e. The summed E-state index contributed by atoms with van der Waals surface area (Å²) in [7, 11) is 1.64. The van der Waals surface area contributed by atoms with Crippen molar-refractivity contribution in [2.45, 2.75) is 40.0 Å². The fraction of sp³-hybridized carbons (Fsp3) is 0.269. The van der Waals surface area contributed by atoms with Crippen LogP contribution in [0.4, 0.5) is 5.69 Å². The molecule has 0 aliphatic rings. The van der Waals surface area contributed by atoms with Gasteiger partial charge in [-0.2, -0.15) is 5.26 Å². The average molecular weight is 414 g/mol. The molecule has 0 bridgehead atoms. The molecular weight excluding hydrogens is 386 g/mol. The van der Waals surface area contributed by atoms with Crippen LogP contribution in [0.15, 0.2) is 48.7 Å². The molecule has 1 amide bonds. The van der Waals surface area contributed by atoms with E-state index in [9.17, 15) is 10.1 Å². The number of nitrogens with one attached hydrogen (secondary N) is 1. The number of nitriles is 1. The molecule has 31 heavy (non-hydrogen) atoms. The van der Waals surface area contributed by atoms with Crippen molar-refractivity contribution < 1.29 is 9.53 Å². The molecular formula is C26H27N3O2. The molecule has 158 valence electrons. The summed E-state index contributed by atoms with van der Waals surface area (Å²) in [6, 6.07) is 15.2. The molecule has 1 N–H and O–H groups in total. The first-order chi connectivity index (χ1) is 14.6. The second-order valence-electron chi connectivity index (χ2n) is 8.65. The van der Waals surface area contributed by atoms with Crippen LogP contribution < -0.4 is 10.1 Å². The van der Waals surface area contributed by atoms with E-state index < -0.39 is 0 Å². The summed E-state index contributed by atoms with van der Waals surface area (Å²) in [6.45, 7) is 10.1. The van der Waals surface area contributed by atoms with Gasteiger partial charge in [0, 0.05) is 16.8 Å². The molecule has 0 aliphatic carbocycles. The van der Waals surface area contributed by atoms with E-state index in [4.69, 9.17) is 4.74 Å². The van der Waals surface area contributed by atoms with Gasteiger partial charge in [-0.05, 0) is 72.4 Å². The summed E-state index contributed by atoms with van der Waals surface area (Å²) in [4.78, 5) is 17.5. The van der Waals surface area contributed by atoms with Gasteiger partial charge in [-0.1, -0.05) is 26.8 Å². The number of aromatic nitrogens is 1. The summed E-state index contributed by atoms with van der Waals surface area (Å²) < 4.78 is 5.30. The van der Waals surface area contributed by atoms with Gasteiger partial charge in [-0.15, -0.1) is 0 Å². The first kappa shape index (κ1) is 22.0. The Morgan fingerprint density at radius 1 is 1.06 bits per heavy atom. The normalized spacial score (nSPS) is 11.0. The zero-order valence-electron chi connectivity index (χ0n) is 18.8. The number of carbonyl (C=O) groups is 1. The monoisotopic (exact) mass is 413 g/mol. The molecule has 1 aromatic heterocycles. The van der Waals surface area contributed by atoms with Crippen LogP contribution in [-0.2, 0) is 5.41 Å². The van der Waals surface area contributed by atoms with Gasteiger partial charge in [0.2, 0.25) is 0 Å². The Kier molecular flexibility index (Phi) is 6.12. The van der Waals surface area contributed by atoms with Gasteiger partial charge in [-0.3, -0.25) is 9.78 Å². The lowest BCUT2D eigenvalue weighted by Crippen LogP contribution is -2.16. The number of methoxy groups -OCH3 is 1. The van der Waals surface area contributed by atoms with Gasteiger partial charge in [0.05, 0.1) is 30.6 Å². The van der Waals surface area contributed by atoms with Crippen molar-refractivity contribution in [2.75, 3.05) is 12.4 Å². The topological polar surface area (TPSA) is 75.0 Å². The van der Waals surface area contributed by atoms with Crippen LogP contribution in [0, 0.1) is 25.2 Å². The highest BCUT2D eigenvalue weighted by Crippen LogP contribution is 2.31. The summed E-state index contributed by atoms with van der Waals surface area (Å²) in [5, 5.41) is 12.3. The number of rotatable bonds is 4. The van der Waals surface area contributed by atoms with Crippen molar-refractivity contribution in [3.8, 4) is 22.9 Å². The maximum atomic E-state index is 13.0. The fourth-order valence-electron chi connectivity index (χ4n) is 3.40. The Morgan fingerprint density at radius 3 is 2.42 bits per heavy atom. The number of ether oxygens (including phenoxy) is 1. The number of hydrogen-bond acceptors (Lipinski definition) is 4. The zero-order valence-corrected chi connectivity index (χ0v) is 18.8.